The third kappa shape index (κ3) is 5.93. The molecule has 0 radical (unpaired) electrons. The standard InChI is InChI=1S/C25H30N4O2/c1-17(27)5-3-4-6-24(30)28-22(16-26)13-18-7-9-19(10-8-18)20-11-12-23-21(14-20)15-25(31)29(23)2/h7-12,14,17,22H,3-6,13,15,27H2,1-2H3,(H,28,30)/t17-,22?/m0/s1. The SMILES string of the molecule is C[C@H](N)CCCCC(=O)NC(C#N)Cc1ccc(-c2ccc3c(c2)CC(=O)N3C)cc1. The predicted molar refractivity (Wildman–Crippen MR) is 122 cm³/mol. The molecule has 1 heterocycles. The first-order valence-electron chi connectivity index (χ1n) is 10.8. The first-order chi connectivity index (χ1) is 14.9. The van der Waals surface area contributed by atoms with E-state index in [0.29, 0.717) is 19.3 Å². The maximum absolute atomic E-state index is 12.1. The molecule has 2 atom stereocenters. The molecule has 1 aliphatic rings. The smallest absolute Gasteiger partial charge is 0.231 e. The minimum Gasteiger partial charge on any atom is -0.340 e. The third-order valence-electron chi connectivity index (χ3n) is 5.69. The van der Waals surface area contributed by atoms with Crippen LogP contribution < -0.4 is 16.0 Å². The highest BCUT2D eigenvalue weighted by atomic mass is 16.2. The van der Waals surface area contributed by atoms with Crippen LogP contribution >= 0.6 is 0 Å². The number of nitriles is 1. The maximum Gasteiger partial charge on any atom is 0.231 e. The van der Waals surface area contributed by atoms with Crippen LogP contribution in [0.1, 0.15) is 43.7 Å². The second-order valence-electron chi connectivity index (χ2n) is 8.35. The van der Waals surface area contributed by atoms with E-state index in [1.807, 2.05) is 43.3 Å². The molecular weight excluding hydrogens is 388 g/mol. The summed E-state index contributed by atoms with van der Waals surface area (Å²) in [6, 6.07) is 15.9. The second kappa shape index (κ2) is 10.2. The number of unbranched alkanes of at least 4 members (excludes halogenated alkanes) is 1. The highest BCUT2D eigenvalue weighted by Crippen LogP contribution is 2.32. The van der Waals surface area contributed by atoms with E-state index in [0.717, 1.165) is 47.2 Å². The predicted octanol–water partition coefficient (Wildman–Crippen LogP) is 3.33. The molecule has 0 bridgehead atoms. The molecule has 3 N–H and O–H groups in total. The van der Waals surface area contributed by atoms with Gasteiger partial charge in [-0.15, -0.1) is 0 Å². The van der Waals surface area contributed by atoms with E-state index in [9.17, 15) is 14.9 Å². The molecule has 6 nitrogen and oxygen atoms in total. The van der Waals surface area contributed by atoms with Crippen molar-refractivity contribution in [3.8, 4) is 17.2 Å². The molecule has 6 heteroatoms. The van der Waals surface area contributed by atoms with Crippen LogP contribution in [-0.2, 0) is 22.4 Å². The molecule has 0 aliphatic carbocycles. The zero-order chi connectivity index (χ0) is 22.4. The lowest BCUT2D eigenvalue weighted by Crippen LogP contribution is -2.35. The molecule has 2 aromatic carbocycles. The fraction of sp³-hybridized carbons (Fsp3) is 0.400. The maximum atomic E-state index is 12.1. The first-order valence-corrected chi connectivity index (χ1v) is 10.8. The molecule has 0 aromatic heterocycles. The average Bonchev–Trinajstić information content (AvgIpc) is 3.04. The molecule has 0 spiro atoms. The number of likely N-dealkylation sites (N-methyl/N-ethyl adjacent to an activating group) is 1. The average molecular weight is 419 g/mol. The number of hydrogen-bond donors (Lipinski definition) is 2. The zero-order valence-corrected chi connectivity index (χ0v) is 18.2. The van der Waals surface area contributed by atoms with Gasteiger partial charge in [-0.1, -0.05) is 36.8 Å². The molecule has 1 unspecified atom stereocenters. The van der Waals surface area contributed by atoms with Gasteiger partial charge in [0, 0.05) is 31.6 Å². The van der Waals surface area contributed by atoms with Crippen LogP contribution in [-0.4, -0.2) is 30.9 Å². The number of hydrogen-bond acceptors (Lipinski definition) is 4. The molecular formula is C25H30N4O2. The Morgan fingerprint density at radius 1 is 1.19 bits per heavy atom. The Labute approximate surface area is 184 Å². The van der Waals surface area contributed by atoms with Crippen molar-refractivity contribution >= 4 is 17.5 Å². The van der Waals surface area contributed by atoms with E-state index in [4.69, 9.17) is 5.73 Å². The van der Waals surface area contributed by atoms with Crippen LogP contribution in [0.25, 0.3) is 11.1 Å². The van der Waals surface area contributed by atoms with Crippen molar-refractivity contribution in [3.63, 3.8) is 0 Å². The van der Waals surface area contributed by atoms with Gasteiger partial charge in [-0.2, -0.15) is 5.26 Å². The van der Waals surface area contributed by atoms with E-state index in [-0.39, 0.29) is 17.9 Å². The van der Waals surface area contributed by atoms with Crippen LogP contribution in [0.4, 0.5) is 5.69 Å². The lowest BCUT2D eigenvalue weighted by Gasteiger charge is -2.13. The molecule has 0 saturated carbocycles. The van der Waals surface area contributed by atoms with Crippen LogP contribution in [0, 0.1) is 11.3 Å². The van der Waals surface area contributed by atoms with E-state index < -0.39 is 6.04 Å². The number of fused-ring (bicyclic) bond motifs is 1. The normalized spacial score (nSPS) is 14.6. The number of amides is 2. The minimum atomic E-state index is -0.548. The number of nitrogens with two attached hydrogens (primary N) is 1. The quantitative estimate of drug-likeness (QED) is 0.610. The van der Waals surface area contributed by atoms with Gasteiger partial charge >= 0.3 is 0 Å². The number of anilines is 1. The van der Waals surface area contributed by atoms with Gasteiger partial charge in [-0.25, -0.2) is 0 Å². The van der Waals surface area contributed by atoms with Gasteiger partial charge in [0.2, 0.25) is 11.8 Å². The van der Waals surface area contributed by atoms with Gasteiger partial charge in [-0.05, 0) is 54.2 Å². The van der Waals surface area contributed by atoms with Crippen molar-refractivity contribution < 1.29 is 9.59 Å². The van der Waals surface area contributed by atoms with Gasteiger partial charge in [0.1, 0.15) is 6.04 Å². The monoisotopic (exact) mass is 418 g/mol. The number of nitrogens with zero attached hydrogens (tertiary/aromatic N) is 2. The van der Waals surface area contributed by atoms with Crippen molar-refractivity contribution in [1.29, 1.82) is 5.26 Å². The molecule has 162 valence electrons. The highest BCUT2D eigenvalue weighted by Gasteiger charge is 2.24. The summed E-state index contributed by atoms with van der Waals surface area (Å²) in [6.07, 6.45) is 3.91. The van der Waals surface area contributed by atoms with Gasteiger partial charge in [-0.3, -0.25) is 9.59 Å². The molecule has 31 heavy (non-hydrogen) atoms. The Kier molecular flexibility index (Phi) is 7.43. The summed E-state index contributed by atoms with van der Waals surface area (Å²) in [5.74, 6) is 0.0199. The van der Waals surface area contributed by atoms with E-state index in [1.54, 1.807) is 11.9 Å². The summed E-state index contributed by atoms with van der Waals surface area (Å²) in [4.78, 5) is 25.7. The summed E-state index contributed by atoms with van der Waals surface area (Å²) < 4.78 is 0. The lowest BCUT2D eigenvalue weighted by molar-refractivity contribution is -0.121. The lowest BCUT2D eigenvalue weighted by atomic mass is 9.99. The number of nitrogens with one attached hydrogen (secondary N) is 1. The number of carbonyl (C=O) groups excluding carboxylic acids is 2. The van der Waals surface area contributed by atoms with E-state index in [2.05, 4.69) is 17.5 Å². The van der Waals surface area contributed by atoms with Crippen molar-refractivity contribution in [2.45, 2.75) is 57.5 Å². The van der Waals surface area contributed by atoms with Crippen molar-refractivity contribution in [2.24, 2.45) is 5.73 Å². The van der Waals surface area contributed by atoms with Crippen LogP contribution in [0.3, 0.4) is 0 Å². The Bertz CT molecular complexity index is 976. The van der Waals surface area contributed by atoms with Gasteiger partial charge in [0.25, 0.3) is 0 Å². The van der Waals surface area contributed by atoms with Gasteiger partial charge in [0.15, 0.2) is 0 Å². The summed E-state index contributed by atoms with van der Waals surface area (Å²) in [5.41, 5.74) is 10.8. The molecule has 2 aromatic rings. The number of benzene rings is 2. The number of carbonyl (C=O) groups is 2. The van der Waals surface area contributed by atoms with Crippen molar-refractivity contribution in [1.82, 2.24) is 5.32 Å². The van der Waals surface area contributed by atoms with Gasteiger partial charge in [0.05, 0.1) is 12.5 Å². The Morgan fingerprint density at radius 2 is 1.90 bits per heavy atom. The van der Waals surface area contributed by atoms with Crippen LogP contribution in [0.5, 0.6) is 0 Å². The Morgan fingerprint density at radius 3 is 2.58 bits per heavy atom. The molecule has 3 rings (SSSR count). The Balaban J connectivity index is 1.56. The topological polar surface area (TPSA) is 99.2 Å². The van der Waals surface area contributed by atoms with E-state index >= 15 is 0 Å². The number of rotatable bonds is 9. The Hall–Kier alpha value is -3.17. The van der Waals surface area contributed by atoms with Crippen molar-refractivity contribution in [2.75, 3.05) is 11.9 Å². The summed E-state index contributed by atoms with van der Waals surface area (Å²) >= 11 is 0. The van der Waals surface area contributed by atoms with Crippen LogP contribution in [0.2, 0.25) is 0 Å². The molecule has 1 aliphatic heterocycles. The molecule has 0 fully saturated rings. The molecule has 2 amide bonds. The van der Waals surface area contributed by atoms with E-state index in [1.165, 1.54) is 0 Å². The summed E-state index contributed by atoms with van der Waals surface area (Å²) in [5, 5.41) is 12.3. The fourth-order valence-corrected chi connectivity index (χ4v) is 3.87. The van der Waals surface area contributed by atoms with Crippen molar-refractivity contribution in [3.05, 3.63) is 53.6 Å². The van der Waals surface area contributed by atoms with Gasteiger partial charge < -0.3 is 16.0 Å². The third-order valence-corrected chi connectivity index (χ3v) is 5.69. The highest BCUT2D eigenvalue weighted by molar-refractivity contribution is 6.01. The largest absolute Gasteiger partial charge is 0.340 e. The first kappa shape index (κ1) is 22.5. The summed E-state index contributed by atoms with van der Waals surface area (Å²) in [6.45, 7) is 1.96. The minimum absolute atomic E-state index is 0.0921. The zero-order valence-electron chi connectivity index (χ0n) is 18.2. The van der Waals surface area contributed by atoms with Crippen LogP contribution in [0.15, 0.2) is 42.5 Å². The molecule has 0 saturated heterocycles. The summed E-state index contributed by atoms with van der Waals surface area (Å²) in [7, 11) is 1.80. The second-order valence-corrected chi connectivity index (χ2v) is 8.35. The fourth-order valence-electron chi connectivity index (χ4n) is 3.87.